The molecule has 2 amide bonds. The lowest BCUT2D eigenvalue weighted by molar-refractivity contribution is -0.117. The Balaban J connectivity index is 1.29. The SMILES string of the molecule is C[C@H]1C[C@H]1C(=O)Nc1ccc(C(=O)Nc2ccc(CN3CCOCC3)cn2)cc1. The van der Waals surface area contributed by atoms with Crippen molar-refractivity contribution in [2.45, 2.75) is 19.9 Å². The number of anilines is 2. The van der Waals surface area contributed by atoms with Crippen LogP contribution in [-0.4, -0.2) is 48.0 Å². The normalized spacial score (nSPS) is 21.4. The second-order valence-electron chi connectivity index (χ2n) is 7.78. The van der Waals surface area contributed by atoms with E-state index in [9.17, 15) is 9.59 Å². The van der Waals surface area contributed by atoms with Gasteiger partial charge in [0.15, 0.2) is 0 Å². The average Bonchev–Trinajstić information content (AvgIpc) is 3.47. The van der Waals surface area contributed by atoms with Gasteiger partial charge in [-0.1, -0.05) is 13.0 Å². The van der Waals surface area contributed by atoms with Gasteiger partial charge in [-0.15, -0.1) is 0 Å². The number of ether oxygens (including phenoxy) is 1. The first-order valence-electron chi connectivity index (χ1n) is 10.1. The maximum absolute atomic E-state index is 12.5. The van der Waals surface area contributed by atoms with Gasteiger partial charge in [0.05, 0.1) is 13.2 Å². The van der Waals surface area contributed by atoms with Crippen LogP contribution < -0.4 is 10.6 Å². The lowest BCUT2D eigenvalue weighted by Crippen LogP contribution is -2.35. The van der Waals surface area contributed by atoms with E-state index in [1.54, 1.807) is 30.5 Å². The second-order valence-corrected chi connectivity index (χ2v) is 7.78. The van der Waals surface area contributed by atoms with Gasteiger partial charge in [-0.05, 0) is 48.2 Å². The molecule has 1 aromatic heterocycles. The van der Waals surface area contributed by atoms with Crippen molar-refractivity contribution in [2.24, 2.45) is 11.8 Å². The van der Waals surface area contributed by atoms with E-state index in [0.29, 0.717) is 23.0 Å². The molecule has 1 aliphatic carbocycles. The first kappa shape index (κ1) is 19.5. The second kappa shape index (κ2) is 8.71. The van der Waals surface area contributed by atoms with Gasteiger partial charge in [0.2, 0.25) is 5.91 Å². The van der Waals surface area contributed by atoms with Gasteiger partial charge in [-0.3, -0.25) is 14.5 Å². The summed E-state index contributed by atoms with van der Waals surface area (Å²) < 4.78 is 5.36. The summed E-state index contributed by atoms with van der Waals surface area (Å²) >= 11 is 0. The molecule has 7 nitrogen and oxygen atoms in total. The van der Waals surface area contributed by atoms with Gasteiger partial charge < -0.3 is 15.4 Å². The van der Waals surface area contributed by atoms with Crippen LogP contribution in [0.25, 0.3) is 0 Å². The summed E-state index contributed by atoms with van der Waals surface area (Å²) in [6, 6.07) is 10.7. The Hall–Kier alpha value is -2.77. The third kappa shape index (κ3) is 5.19. The Morgan fingerprint density at radius 2 is 1.83 bits per heavy atom. The zero-order valence-corrected chi connectivity index (χ0v) is 16.6. The number of nitrogens with one attached hydrogen (secondary N) is 2. The minimum atomic E-state index is -0.230. The maximum atomic E-state index is 12.5. The average molecular weight is 394 g/mol. The zero-order chi connectivity index (χ0) is 20.2. The molecule has 152 valence electrons. The molecular weight excluding hydrogens is 368 g/mol. The molecular formula is C22H26N4O3. The number of carbonyl (C=O) groups is 2. The fraction of sp³-hybridized carbons (Fsp3) is 0.409. The lowest BCUT2D eigenvalue weighted by Gasteiger charge is -2.26. The molecule has 1 aromatic carbocycles. The molecule has 1 aliphatic heterocycles. The fourth-order valence-electron chi connectivity index (χ4n) is 3.43. The maximum Gasteiger partial charge on any atom is 0.256 e. The topological polar surface area (TPSA) is 83.6 Å². The number of aromatic nitrogens is 1. The number of hydrogen-bond acceptors (Lipinski definition) is 5. The fourth-order valence-corrected chi connectivity index (χ4v) is 3.43. The number of morpholine rings is 1. The van der Waals surface area contributed by atoms with Crippen molar-refractivity contribution in [1.29, 1.82) is 0 Å². The third-order valence-corrected chi connectivity index (χ3v) is 5.44. The van der Waals surface area contributed by atoms with E-state index in [1.165, 1.54) is 0 Å². The molecule has 1 saturated heterocycles. The number of carbonyl (C=O) groups excluding carboxylic acids is 2. The predicted octanol–water partition coefficient (Wildman–Crippen LogP) is 2.76. The molecule has 0 unspecified atom stereocenters. The highest BCUT2D eigenvalue weighted by Gasteiger charge is 2.39. The summed E-state index contributed by atoms with van der Waals surface area (Å²) in [6.45, 7) is 6.29. The summed E-state index contributed by atoms with van der Waals surface area (Å²) in [4.78, 5) is 31.1. The van der Waals surface area contributed by atoms with Crippen molar-refractivity contribution >= 4 is 23.3 Å². The molecule has 2 aromatic rings. The van der Waals surface area contributed by atoms with Gasteiger partial charge in [0.1, 0.15) is 5.82 Å². The number of rotatable bonds is 6. The molecule has 1 saturated carbocycles. The monoisotopic (exact) mass is 394 g/mol. The van der Waals surface area contributed by atoms with E-state index >= 15 is 0 Å². The van der Waals surface area contributed by atoms with E-state index in [4.69, 9.17) is 4.74 Å². The number of hydrogen-bond donors (Lipinski definition) is 2. The van der Waals surface area contributed by atoms with E-state index in [0.717, 1.165) is 44.8 Å². The molecule has 0 bridgehead atoms. The van der Waals surface area contributed by atoms with Crippen molar-refractivity contribution in [1.82, 2.24) is 9.88 Å². The molecule has 7 heteroatoms. The zero-order valence-electron chi connectivity index (χ0n) is 16.6. The highest BCUT2D eigenvalue weighted by atomic mass is 16.5. The first-order chi connectivity index (χ1) is 14.1. The van der Waals surface area contributed by atoms with Crippen LogP contribution in [0.5, 0.6) is 0 Å². The predicted molar refractivity (Wildman–Crippen MR) is 111 cm³/mol. The Morgan fingerprint density at radius 3 is 2.45 bits per heavy atom. The van der Waals surface area contributed by atoms with Crippen LogP contribution in [0.1, 0.15) is 29.3 Å². The smallest absolute Gasteiger partial charge is 0.256 e. The van der Waals surface area contributed by atoms with Crippen molar-refractivity contribution in [2.75, 3.05) is 36.9 Å². The largest absolute Gasteiger partial charge is 0.379 e. The third-order valence-electron chi connectivity index (χ3n) is 5.44. The summed E-state index contributed by atoms with van der Waals surface area (Å²) in [6.07, 6.45) is 2.74. The molecule has 29 heavy (non-hydrogen) atoms. The van der Waals surface area contributed by atoms with E-state index in [-0.39, 0.29) is 17.7 Å². The van der Waals surface area contributed by atoms with Crippen LogP contribution in [0.15, 0.2) is 42.6 Å². The molecule has 4 rings (SSSR count). The highest BCUT2D eigenvalue weighted by molar-refractivity contribution is 6.04. The number of amides is 2. The Morgan fingerprint density at radius 1 is 1.10 bits per heavy atom. The van der Waals surface area contributed by atoms with Crippen LogP contribution in [0, 0.1) is 11.8 Å². The van der Waals surface area contributed by atoms with Crippen LogP contribution in [0.4, 0.5) is 11.5 Å². The summed E-state index contributed by atoms with van der Waals surface area (Å²) in [5, 5.41) is 5.71. The number of benzene rings is 1. The van der Waals surface area contributed by atoms with Crippen molar-refractivity contribution in [3.8, 4) is 0 Å². The first-order valence-corrected chi connectivity index (χ1v) is 10.1. The molecule has 2 N–H and O–H groups in total. The highest BCUT2D eigenvalue weighted by Crippen LogP contribution is 2.38. The standard InChI is InChI=1S/C22H26N4O3/c1-15-12-19(15)22(28)24-18-5-3-17(4-6-18)21(27)25-20-7-2-16(13-23-20)14-26-8-10-29-11-9-26/h2-7,13,15,19H,8-12,14H2,1H3,(H,24,28)(H,23,25,27)/t15-,19+/m0/s1. The molecule has 2 atom stereocenters. The van der Waals surface area contributed by atoms with Gasteiger partial charge in [0, 0.05) is 43.0 Å². The molecule has 2 fully saturated rings. The van der Waals surface area contributed by atoms with Crippen molar-refractivity contribution in [3.05, 3.63) is 53.7 Å². The Bertz CT molecular complexity index is 861. The quantitative estimate of drug-likeness (QED) is 0.787. The Labute approximate surface area is 170 Å². The number of nitrogens with zero attached hydrogens (tertiary/aromatic N) is 2. The van der Waals surface area contributed by atoms with E-state index < -0.39 is 0 Å². The molecule has 0 spiro atoms. The van der Waals surface area contributed by atoms with Crippen LogP contribution in [-0.2, 0) is 16.1 Å². The van der Waals surface area contributed by atoms with Crippen LogP contribution >= 0.6 is 0 Å². The summed E-state index contributed by atoms with van der Waals surface area (Å²) in [7, 11) is 0. The minimum absolute atomic E-state index is 0.0519. The van der Waals surface area contributed by atoms with Crippen molar-refractivity contribution < 1.29 is 14.3 Å². The van der Waals surface area contributed by atoms with Crippen molar-refractivity contribution in [3.63, 3.8) is 0 Å². The summed E-state index contributed by atoms with van der Waals surface area (Å²) in [5.74, 6) is 0.923. The van der Waals surface area contributed by atoms with Crippen LogP contribution in [0.2, 0.25) is 0 Å². The van der Waals surface area contributed by atoms with E-state index in [2.05, 4.69) is 27.4 Å². The Kier molecular flexibility index (Phi) is 5.87. The van der Waals surface area contributed by atoms with Gasteiger partial charge in [-0.2, -0.15) is 0 Å². The van der Waals surface area contributed by atoms with Gasteiger partial charge in [-0.25, -0.2) is 4.98 Å². The van der Waals surface area contributed by atoms with Gasteiger partial charge in [0.25, 0.3) is 5.91 Å². The van der Waals surface area contributed by atoms with Gasteiger partial charge >= 0.3 is 0 Å². The number of pyridine rings is 1. The molecule has 2 heterocycles. The molecule has 0 radical (unpaired) electrons. The van der Waals surface area contributed by atoms with Crippen LogP contribution in [0.3, 0.4) is 0 Å². The summed E-state index contributed by atoms with van der Waals surface area (Å²) in [5.41, 5.74) is 2.33. The lowest BCUT2D eigenvalue weighted by atomic mass is 10.2. The minimum Gasteiger partial charge on any atom is -0.379 e. The van der Waals surface area contributed by atoms with E-state index in [1.807, 2.05) is 12.1 Å². The molecule has 2 aliphatic rings.